The van der Waals surface area contributed by atoms with Gasteiger partial charge in [-0.2, -0.15) is 0 Å². The molecule has 0 saturated carbocycles. The maximum Gasteiger partial charge on any atom is 0.233 e. The molecule has 4 rings (SSSR count). The van der Waals surface area contributed by atoms with E-state index in [1.165, 1.54) is 11.8 Å². The number of thioether (sulfide) groups is 1. The first kappa shape index (κ1) is 20.7. The lowest BCUT2D eigenvalue weighted by molar-refractivity contribution is -0.129. The first-order valence-electron chi connectivity index (χ1n) is 10.3. The molecule has 160 valence electrons. The van der Waals surface area contributed by atoms with Crippen molar-refractivity contribution in [2.45, 2.75) is 37.9 Å². The van der Waals surface area contributed by atoms with E-state index in [1.54, 1.807) is 24.5 Å². The molecule has 1 amide bonds. The fourth-order valence-corrected chi connectivity index (χ4v) is 4.68. The molecule has 1 aromatic heterocycles. The highest BCUT2D eigenvalue weighted by molar-refractivity contribution is 7.99. The second kappa shape index (κ2) is 9.07. The van der Waals surface area contributed by atoms with E-state index >= 15 is 0 Å². The second-order valence-electron chi connectivity index (χ2n) is 7.78. The number of likely N-dealkylation sites (tertiary alicyclic amines) is 1. The van der Waals surface area contributed by atoms with Gasteiger partial charge in [-0.05, 0) is 44.9 Å². The second-order valence-corrected chi connectivity index (χ2v) is 8.72. The number of benzene rings is 1. The quantitative estimate of drug-likeness (QED) is 0.514. The van der Waals surface area contributed by atoms with Crippen LogP contribution in [0.2, 0.25) is 0 Å². The minimum Gasteiger partial charge on any atom is -0.486 e. The summed E-state index contributed by atoms with van der Waals surface area (Å²) in [6.45, 7) is 6.32. The van der Waals surface area contributed by atoms with E-state index in [9.17, 15) is 9.59 Å². The fraction of sp³-hybridized carbons (Fsp3) is 0.524. The van der Waals surface area contributed by atoms with Gasteiger partial charge in [0.1, 0.15) is 19.5 Å². The molecule has 2 aromatic rings. The summed E-state index contributed by atoms with van der Waals surface area (Å²) in [4.78, 5) is 27.4. The van der Waals surface area contributed by atoms with E-state index in [4.69, 9.17) is 9.47 Å². The number of Topliss-reactive ketones (excluding diaryl/α,β-unsaturated/α-hetero) is 1. The van der Waals surface area contributed by atoms with Crippen molar-refractivity contribution in [1.29, 1.82) is 0 Å². The SMILES string of the molecule is CC(C)n1cnnc1SCC(=O)N1CCC(C(=O)c2ccc3c(c2)OCCO3)CC1. The van der Waals surface area contributed by atoms with Crippen molar-refractivity contribution in [3.05, 3.63) is 30.1 Å². The highest BCUT2D eigenvalue weighted by Crippen LogP contribution is 2.32. The van der Waals surface area contributed by atoms with Crippen LogP contribution in [0.1, 0.15) is 43.1 Å². The Kier molecular flexibility index (Phi) is 6.26. The maximum atomic E-state index is 12.9. The van der Waals surface area contributed by atoms with Crippen LogP contribution in [0.4, 0.5) is 0 Å². The van der Waals surface area contributed by atoms with Crippen molar-refractivity contribution in [3.8, 4) is 11.5 Å². The molecule has 1 saturated heterocycles. The van der Waals surface area contributed by atoms with Crippen LogP contribution in [0.25, 0.3) is 0 Å². The number of amides is 1. The summed E-state index contributed by atoms with van der Waals surface area (Å²) in [6, 6.07) is 5.62. The van der Waals surface area contributed by atoms with E-state index in [-0.39, 0.29) is 23.7 Å². The van der Waals surface area contributed by atoms with Gasteiger partial charge < -0.3 is 18.9 Å². The van der Waals surface area contributed by atoms with Gasteiger partial charge in [-0.1, -0.05) is 11.8 Å². The van der Waals surface area contributed by atoms with Crippen molar-refractivity contribution in [1.82, 2.24) is 19.7 Å². The number of fused-ring (bicyclic) bond motifs is 1. The van der Waals surface area contributed by atoms with Crippen molar-refractivity contribution >= 4 is 23.5 Å². The molecule has 0 radical (unpaired) electrons. The van der Waals surface area contributed by atoms with E-state index in [0.717, 1.165) is 5.16 Å². The molecule has 3 heterocycles. The highest BCUT2D eigenvalue weighted by Gasteiger charge is 2.29. The smallest absolute Gasteiger partial charge is 0.233 e. The molecule has 0 N–H and O–H groups in total. The number of hydrogen-bond donors (Lipinski definition) is 0. The molecule has 1 aromatic carbocycles. The molecule has 0 aliphatic carbocycles. The summed E-state index contributed by atoms with van der Waals surface area (Å²) in [7, 11) is 0. The average molecular weight is 431 g/mol. The lowest BCUT2D eigenvalue weighted by atomic mass is 9.88. The molecular formula is C21H26N4O4S. The number of ether oxygens (including phenoxy) is 2. The maximum absolute atomic E-state index is 12.9. The topological polar surface area (TPSA) is 86.6 Å². The first-order chi connectivity index (χ1) is 14.5. The van der Waals surface area contributed by atoms with Crippen LogP contribution >= 0.6 is 11.8 Å². The predicted molar refractivity (Wildman–Crippen MR) is 112 cm³/mol. The van der Waals surface area contributed by atoms with Crippen LogP contribution in [-0.4, -0.2) is 63.4 Å². The molecule has 0 atom stereocenters. The number of rotatable bonds is 6. The molecule has 2 aliphatic rings. The number of hydrogen-bond acceptors (Lipinski definition) is 7. The summed E-state index contributed by atoms with van der Waals surface area (Å²) in [6.07, 6.45) is 3.03. The van der Waals surface area contributed by atoms with Crippen molar-refractivity contribution < 1.29 is 19.1 Å². The van der Waals surface area contributed by atoms with Gasteiger partial charge in [0.25, 0.3) is 0 Å². The van der Waals surface area contributed by atoms with Gasteiger partial charge in [-0.25, -0.2) is 0 Å². The normalized spacial score (nSPS) is 16.7. The van der Waals surface area contributed by atoms with E-state index in [0.29, 0.717) is 62.0 Å². The zero-order valence-corrected chi connectivity index (χ0v) is 18.1. The van der Waals surface area contributed by atoms with Crippen molar-refractivity contribution in [2.75, 3.05) is 32.1 Å². The third kappa shape index (κ3) is 4.45. The van der Waals surface area contributed by atoms with Crippen LogP contribution in [0.3, 0.4) is 0 Å². The Morgan fingerprint density at radius 3 is 2.63 bits per heavy atom. The van der Waals surface area contributed by atoms with E-state index < -0.39 is 0 Å². The molecule has 0 spiro atoms. The molecule has 9 heteroatoms. The van der Waals surface area contributed by atoms with E-state index in [1.807, 2.05) is 9.47 Å². The molecule has 30 heavy (non-hydrogen) atoms. The van der Waals surface area contributed by atoms with Crippen LogP contribution in [0, 0.1) is 5.92 Å². The molecule has 2 aliphatic heterocycles. The lowest BCUT2D eigenvalue weighted by Crippen LogP contribution is -2.41. The Labute approximate surface area is 179 Å². The minimum atomic E-state index is -0.0756. The minimum absolute atomic E-state index is 0.0727. The van der Waals surface area contributed by atoms with Crippen LogP contribution in [-0.2, 0) is 4.79 Å². The zero-order valence-electron chi connectivity index (χ0n) is 17.2. The zero-order chi connectivity index (χ0) is 21.1. The fourth-order valence-electron chi connectivity index (χ4n) is 3.73. The summed E-state index contributed by atoms with van der Waals surface area (Å²) in [5.74, 6) is 1.75. The number of nitrogens with zero attached hydrogens (tertiary/aromatic N) is 4. The monoisotopic (exact) mass is 430 g/mol. The number of carbonyl (C=O) groups is 2. The number of carbonyl (C=O) groups excluding carboxylic acids is 2. The summed E-state index contributed by atoms with van der Waals surface area (Å²) >= 11 is 1.41. The Morgan fingerprint density at radius 1 is 1.17 bits per heavy atom. The average Bonchev–Trinajstić information content (AvgIpc) is 3.26. The molecule has 0 bridgehead atoms. The van der Waals surface area contributed by atoms with Gasteiger partial charge in [0.15, 0.2) is 22.4 Å². The first-order valence-corrected chi connectivity index (χ1v) is 11.3. The van der Waals surface area contributed by atoms with Gasteiger partial charge in [0.05, 0.1) is 5.75 Å². The summed E-state index contributed by atoms with van der Waals surface area (Å²) in [5.41, 5.74) is 0.646. The lowest BCUT2D eigenvalue weighted by Gasteiger charge is -2.31. The van der Waals surface area contributed by atoms with Gasteiger partial charge in [0, 0.05) is 30.6 Å². The van der Waals surface area contributed by atoms with Crippen LogP contribution in [0.5, 0.6) is 11.5 Å². The number of ketones is 1. The van der Waals surface area contributed by atoms with Crippen LogP contribution in [0.15, 0.2) is 29.7 Å². The van der Waals surface area contributed by atoms with Crippen molar-refractivity contribution in [3.63, 3.8) is 0 Å². The predicted octanol–water partition coefficient (Wildman–Crippen LogP) is 2.84. The van der Waals surface area contributed by atoms with Crippen molar-refractivity contribution in [2.24, 2.45) is 5.92 Å². The Balaban J connectivity index is 1.29. The largest absolute Gasteiger partial charge is 0.486 e. The highest BCUT2D eigenvalue weighted by atomic mass is 32.2. The van der Waals surface area contributed by atoms with Gasteiger partial charge >= 0.3 is 0 Å². The molecule has 8 nitrogen and oxygen atoms in total. The molecular weight excluding hydrogens is 404 g/mol. The van der Waals surface area contributed by atoms with Gasteiger partial charge in [-0.3, -0.25) is 9.59 Å². The van der Waals surface area contributed by atoms with E-state index in [2.05, 4.69) is 24.0 Å². The third-order valence-electron chi connectivity index (χ3n) is 5.47. The molecule has 0 unspecified atom stereocenters. The Morgan fingerprint density at radius 2 is 1.90 bits per heavy atom. The summed E-state index contributed by atoms with van der Waals surface area (Å²) in [5, 5.41) is 8.78. The summed E-state index contributed by atoms with van der Waals surface area (Å²) < 4.78 is 13.1. The van der Waals surface area contributed by atoms with Gasteiger partial charge in [-0.15, -0.1) is 10.2 Å². The number of aromatic nitrogens is 3. The number of piperidine rings is 1. The third-order valence-corrected chi connectivity index (χ3v) is 6.41. The Bertz CT molecular complexity index is 921. The Hall–Kier alpha value is -2.55. The van der Waals surface area contributed by atoms with Gasteiger partial charge in [0.2, 0.25) is 5.91 Å². The van der Waals surface area contributed by atoms with Crippen LogP contribution < -0.4 is 9.47 Å². The standard InChI is InChI=1S/C21H26N4O4S/c1-14(2)25-13-22-23-21(25)30-12-19(26)24-7-5-15(6-8-24)20(27)16-3-4-17-18(11-16)29-10-9-28-17/h3-4,11,13-15H,5-10,12H2,1-2H3. The molecule has 1 fully saturated rings.